The molecule has 0 saturated carbocycles. The smallest absolute Gasteiger partial charge is 0.00492 e. The minimum absolute atomic E-state index is 0.0246. The fraction of sp³-hybridized carbons (Fsp3) is 0.0769. The minimum Gasteiger partial charge on any atom is -0.872 e. The lowest BCUT2D eigenvalue weighted by Gasteiger charge is -2.43. The maximum Gasteiger partial charge on any atom is -0.00492 e. The van der Waals surface area contributed by atoms with Crippen LogP contribution in [-0.2, 0) is 0 Å². The molecule has 19 heavy (non-hydrogen) atoms. The van der Waals surface area contributed by atoms with Crippen molar-refractivity contribution in [2.24, 2.45) is 11.5 Å². The number of nitrogens with two attached hydrogens (primary N) is 2. The van der Waals surface area contributed by atoms with Gasteiger partial charge in [-0.25, -0.2) is 0 Å². The number of allylic oxidation sites excluding steroid dienone is 4. The molecule has 2 rings (SSSR count). The Labute approximate surface area is 109 Å². The van der Waals surface area contributed by atoms with E-state index in [4.69, 9.17) is 11.5 Å². The first-order chi connectivity index (χ1) is 9.02. The highest BCUT2D eigenvalue weighted by atomic mass is 16.3. The number of rotatable bonds is 4. The number of hydrogen-bond acceptors (Lipinski definition) is 6. The van der Waals surface area contributed by atoms with Gasteiger partial charge in [-0.1, -0.05) is 34.2 Å². The van der Waals surface area contributed by atoms with Gasteiger partial charge in [0.2, 0.25) is 0 Å². The van der Waals surface area contributed by atoms with Crippen LogP contribution in [0.5, 0.6) is 0 Å². The van der Waals surface area contributed by atoms with Crippen LogP contribution in [0.25, 0.3) is 0 Å². The van der Waals surface area contributed by atoms with Crippen LogP contribution in [0, 0.1) is 0 Å². The number of hydrogen-bond donors (Lipinski definition) is 2. The van der Waals surface area contributed by atoms with Gasteiger partial charge in [-0.3, -0.25) is 0 Å². The van der Waals surface area contributed by atoms with Crippen molar-refractivity contribution in [3.05, 3.63) is 69.9 Å². The molecule has 0 spiro atoms. The van der Waals surface area contributed by atoms with Crippen LogP contribution in [-0.4, -0.2) is 0 Å². The second-order valence-corrected chi connectivity index (χ2v) is 4.00. The van der Waals surface area contributed by atoms with E-state index in [1.54, 1.807) is 0 Å². The van der Waals surface area contributed by atoms with Crippen molar-refractivity contribution in [2.45, 2.75) is 6.42 Å². The van der Waals surface area contributed by atoms with Gasteiger partial charge in [0.15, 0.2) is 0 Å². The maximum absolute atomic E-state index is 11.6. The standard InChI is InChI=1S/C13H14N2O4/c14-3-1-6-10(16)8(11(6)17)5-9-12(18)7(2-4-15)13(9)19/h1-4,16-19H,5,14-15H2/p-4/b3-1+,4-2+. The third-order valence-electron chi connectivity index (χ3n) is 2.95. The summed E-state index contributed by atoms with van der Waals surface area (Å²) < 4.78 is 0. The Morgan fingerprint density at radius 1 is 0.684 bits per heavy atom. The summed E-state index contributed by atoms with van der Waals surface area (Å²) in [5.41, 5.74) is 10.0. The average molecular weight is 258 g/mol. The summed E-state index contributed by atoms with van der Waals surface area (Å²) in [6.07, 6.45) is 4.37. The van der Waals surface area contributed by atoms with Gasteiger partial charge < -0.3 is 31.9 Å². The highest BCUT2D eigenvalue weighted by Gasteiger charge is 2.19. The molecule has 2 aliphatic carbocycles. The van der Waals surface area contributed by atoms with Gasteiger partial charge in [0, 0.05) is 0 Å². The molecule has 0 aromatic rings. The van der Waals surface area contributed by atoms with Crippen molar-refractivity contribution >= 4 is 0 Å². The van der Waals surface area contributed by atoms with Gasteiger partial charge in [0.1, 0.15) is 0 Å². The summed E-state index contributed by atoms with van der Waals surface area (Å²) in [5, 5.41) is 46.3. The Kier molecular flexibility index (Phi) is 3.00. The van der Waals surface area contributed by atoms with Gasteiger partial charge in [-0.15, -0.1) is 0 Å². The Balaban J connectivity index is 2.15. The van der Waals surface area contributed by atoms with Gasteiger partial charge >= 0.3 is 0 Å². The second kappa shape index (κ2) is 4.49. The van der Waals surface area contributed by atoms with Crippen molar-refractivity contribution in [3.63, 3.8) is 0 Å². The largest absolute Gasteiger partial charge is 0.872 e. The molecule has 2 aliphatic rings. The molecule has 0 heterocycles. The van der Waals surface area contributed by atoms with Crippen LogP contribution in [0.4, 0.5) is 0 Å². The Morgan fingerprint density at radius 3 is 1.32 bits per heavy atom. The maximum atomic E-state index is 11.6. The van der Waals surface area contributed by atoms with E-state index >= 15 is 0 Å². The molecule has 0 amide bonds. The zero-order valence-corrected chi connectivity index (χ0v) is 9.80. The zero-order valence-electron chi connectivity index (χ0n) is 9.80. The van der Waals surface area contributed by atoms with E-state index in [2.05, 4.69) is 0 Å². The van der Waals surface area contributed by atoms with Gasteiger partial charge in [0.25, 0.3) is 0 Å². The van der Waals surface area contributed by atoms with Crippen LogP contribution >= 0.6 is 0 Å². The average Bonchev–Trinajstić information content (AvgIpc) is 2.42. The topological polar surface area (TPSA) is 144 Å². The molecule has 0 bridgehead atoms. The van der Waals surface area contributed by atoms with E-state index < -0.39 is 23.0 Å². The third kappa shape index (κ3) is 1.74. The molecule has 0 unspecified atom stereocenters. The highest BCUT2D eigenvalue weighted by molar-refractivity contribution is 5.63. The summed E-state index contributed by atoms with van der Waals surface area (Å²) in [6, 6.07) is 0. The van der Waals surface area contributed by atoms with Crippen LogP contribution in [0.1, 0.15) is 6.42 Å². The normalized spacial score (nSPS) is 19.8. The molecule has 0 radical (unpaired) electrons. The molecule has 0 aromatic carbocycles. The molecule has 0 aromatic heterocycles. The van der Waals surface area contributed by atoms with E-state index in [0.29, 0.717) is 0 Å². The molecular formula is C13H10N2O4-4. The van der Waals surface area contributed by atoms with Gasteiger partial charge in [-0.05, 0) is 42.1 Å². The fourth-order valence-electron chi connectivity index (χ4n) is 1.93. The van der Waals surface area contributed by atoms with Crippen LogP contribution in [0.2, 0.25) is 0 Å². The summed E-state index contributed by atoms with van der Waals surface area (Å²) in [7, 11) is 0. The predicted octanol–water partition coefficient (Wildman–Crippen LogP) is -3.19. The van der Waals surface area contributed by atoms with Crippen LogP contribution in [0.3, 0.4) is 0 Å². The van der Waals surface area contributed by atoms with E-state index in [9.17, 15) is 20.4 Å². The lowest BCUT2D eigenvalue weighted by atomic mass is 9.83. The van der Waals surface area contributed by atoms with Crippen molar-refractivity contribution < 1.29 is 20.4 Å². The summed E-state index contributed by atoms with van der Waals surface area (Å²) in [4.78, 5) is 0. The lowest BCUT2D eigenvalue weighted by molar-refractivity contribution is -0.334. The third-order valence-corrected chi connectivity index (χ3v) is 2.95. The zero-order chi connectivity index (χ0) is 14.2. The molecule has 0 fully saturated rings. The monoisotopic (exact) mass is 258 g/mol. The highest BCUT2D eigenvalue weighted by Crippen LogP contribution is 2.39. The molecule has 6 nitrogen and oxygen atoms in total. The first kappa shape index (κ1) is 12.7. The Morgan fingerprint density at radius 2 is 1.05 bits per heavy atom. The first-order valence-electron chi connectivity index (χ1n) is 5.43. The molecule has 6 heteroatoms. The molecule has 100 valence electrons. The van der Waals surface area contributed by atoms with Crippen LogP contribution < -0.4 is 31.9 Å². The van der Waals surface area contributed by atoms with E-state index in [1.165, 1.54) is 12.2 Å². The van der Waals surface area contributed by atoms with E-state index in [1.807, 2.05) is 0 Å². The quantitative estimate of drug-likeness (QED) is 0.543. The SMILES string of the molecule is N/C=C/C1=C([O-])C(CC2=C([O-])C(/C=C/N)=C2[O-])=C1[O-]. The Hall–Kier alpha value is -2.76. The summed E-state index contributed by atoms with van der Waals surface area (Å²) in [5.74, 6) is -1.88. The molecule has 4 N–H and O–H groups in total. The van der Waals surface area contributed by atoms with Crippen LogP contribution in [0.15, 0.2) is 69.9 Å². The van der Waals surface area contributed by atoms with Crippen molar-refractivity contribution in [1.29, 1.82) is 0 Å². The first-order valence-corrected chi connectivity index (χ1v) is 5.43. The molecule has 0 atom stereocenters. The molecular weight excluding hydrogens is 248 g/mol. The van der Waals surface area contributed by atoms with Gasteiger partial charge in [-0.2, -0.15) is 0 Å². The molecule has 0 saturated heterocycles. The van der Waals surface area contributed by atoms with Gasteiger partial charge in [0.05, 0.1) is 0 Å². The second-order valence-electron chi connectivity index (χ2n) is 4.00. The molecule has 0 aliphatic heterocycles. The van der Waals surface area contributed by atoms with E-state index in [-0.39, 0.29) is 28.7 Å². The lowest BCUT2D eigenvalue weighted by Crippen LogP contribution is -2.32. The minimum atomic E-state index is -0.470. The van der Waals surface area contributed by atoms with Crippen molar-refractivity contribution in [2.75, 3.05) is 0 Å². The Bertz CT molecular complexity index is 565. The van der Waals surface area contributed by atoms with E-state index in [0.717, 1.165) is 12.4 Å². The van der Waals surface area contributed by atoms with Crippen molar-refractivity contribution in [3.8, 4) is 0 Å². The summed E-state index contributed by atoms with van der Waals surface area (Å²) in [6.45, 7) is 0. The predicted molar refractivity (Wildman–Crippen MR) is 59.4 cm³/mol. The fourth-order valence-corrected chi connectivity index (χ4v) is 1.93. The summed E-state index contributed by atoms with van der Waals surface area (Å²) >= 11 is 0. The van der Waals surface area contributed by atoms with Crippen molar-refractivity contribution in [1.82, 2.24) is 0 Å².